The minimum atomic E-state index is -3.80. The van der Waals surface area contributed by atoms with Gasteiger partial charge in [-0.1, -0.05) is 18.2 Å². The van der Waals surface area contributed by atoms with Crippen LogP contribution in [0.4, 0.5) is 4.39 Å². The molecule has 0 N–H and O–H groups in total. The molecule has 3 rings (SSSR count). The average Bonchev–Trinajstić information content (AvgIpc) is 2.68. The molecule has 29 heavy (non-hydrogen) atoms. The van der Waals surface area contributed by atoms with E-state index < -0.39 is 10.1 Å². The Bertz CT molecular complexity index is 944. The Morgan fingerprint density at radius 2 is 1.90 bits per heavy atom. The summed E-state index contributed by atoms with van der Waals surface area (Å²) < 4.78 is 43.7. The highest BCUT2D eigenvalue weighted by Crippen LogP contribution is 2.22. The fourth-order valence-electron chi connectivity index (χ4n) is 3.61. The monoisotopic (exact) mass is 419 g/mol. The van der Waals surface area contributed by atoms with Crippen LogP contribution in [0.2, 0.25) is 0 Å². The number of carbonyl (C=O) groups excluding carboxylic acids is 1. The van der Waals surface area contributed by atoms with Crippen molar-refractivity contribution in [3.05, 3.63) is 65.5 Å². The van der Waals surface area contributed by atoms with Crippen LogP contribution in [0.15, 0.2) is 53.4 Å². The standard InChI is InChI=1S/C22H26FNO4S/c1-17-6-2-3-9-22(17)29(26,27)28-20-7-4-14-24(16-20)15-5-8-21(25)18-10-12-19(23)13-11-18/h2-3,6,9-13,20H,4-5,7-8,14-16H2,1H3. The fourth-order valence-corrected chi connectivity index (χ4v) is 4.93. The lowest BCUT2D eigenvalue weighted by Crippen LogP contribution is -2.41. The van der Waals surface area contributed by atoms with Crippen LogP contribution < -0.4 is 0 Å². The van der Waals surface area contributed by atoms with Gasteiger partial charge in [0.2, 0.25) is 0 Å². The van der Waals surface area contributed by atoms with Crippen LogP contribution in [0, 0.1) is 12.7 Å². The number of Topliss-reactive ketones (excluding diaryl/α,β-unsaturated/α-hetero) is 1. The number of likely N-dealkylation sites (tertiary alicyclic amines) is 1. The van der Waals surface area contributed by atoms with Crippen LogP contribution >= 0.6 is 0 Å². The number of carbonyl (C=O) groups is 1. The molecule has 0 spiro atoms. The molecule has 1 unspecified atom stereocenters. The summed E-state index contributed by atoms with van der Waals surface area (Å²) in [6, 6.07) is 12.4. The molecule has 0 bridgehead atoms. The molecule has 0 saturated carbocycles. The van der Waals surface area contributed by atoms with E-state index in [-0.39, 0.29) is 22.6 Å². The van der Waals surface area contributed by atoms with E-state index >= 15 is 0 Å². The Morgan fingerprint density at radius 1 is 1.17 bits per heavy atom. The van der Waals surface area contributed by atoms with Crippen LogP contribution in [0.1, 0.15) is 41.6 Å². The maximum atomic E-state index is 13.0. The van der Waals surface area contributed by atoms with Crippen molar-refractivity contribution in [2.75, 3.05) is 19.6 Å². The topological polar surface area (TPSA) is 63.7 Å². The van der Waals surface area contributed by atoms with Crippen LogP contribution in [0.25, 0.3) is 0 Å². The number of benzene rings is 2. The maximum Gasteiger partial charge on any atom is 0.297 e. The Labute approximate surface area is 171 Å². The third-order valence-electron chi connectivity index (χ3n) is 5.13. The summed E-state index contributed by atoms with van der Waals surface area (Å²) >= 11 is 0. The van der Waals surface area contributed by atoms with E-state index in [9.17, 15) is 17.6 Å². The van der Waals surface area contributed by atoms with E-state index in [4.69, 9.17) is 4.18 Å². The molecule has 7 heteroatoms. The zero-order chi connectivity index (χ0) is 20.9. The molecule has 0 radical (unpaired) electrons. The summed E-state index contributed by atoms with van der Waals surface area (Å²) in [6.45, 7) is 3.82. The van der Waals surface area contributed by atoms with E-state index in [1.165, 1.54) is 24.3 Å². The van der Waals surface area contributed by atoms with Gasteiger partial charge in [-0.25, -0.2) is 4.39 Å². The van der Waals surface area contributed by atoms with Crippen molar-refractivity contribution >= 4 is 15.9 Å². The van der Waals surface area contributed by atoms with Gasteiger partial charge in [-0.3, -0.25) is 8.98 Å². The van der Waals surface area contributed by atoms with E-state index in [0.717, 1.165) is 13.0 Å². The normalized spacial score (nSPS) is 17.9. The molecule has 1 heterocycles. The highest BCUT2D eigenvalue weighted by molar-refractivity contribution is 7.86. The van der Waals surface area contributed by atoms with Crippen LogP contribution in [0.5, 0.6) is 0 Å². The molecule has 1 saturated heterocycles. The first-order valence-electron chi connectivity index (χ1n) is 9.85. The van der Waals surface area contributed by atoms with Gasteiger partial charge >= 0.3 is 0 Å². The number of rotatable bonds is 8. The minimum Gasteiger partial charge on any atom is -0.301 e. The van der Waals surface area contributed by atoms with Crippen molar-refractivity contribution in [1.29, 1.82) is 0 Å². The number of hydrogen-bond donors (Lipinski definition) is 0. The average molecular weight is 420 g/mol. The Hall–Kier alpha value is -2.09. The lowest BCUT2D eigenvalue weighted by Gasteiger charge is -2.32. The summed E-state index contributed by atoms with van der Waals surface area (Å²) in [5, 5.41) is 0. The predicted octanol–water partition coefficient (Wildman–Crippen LogP) is 3.97. The predicted molar refractivity (Wildman–Crippen MR) is 109 cm³/mol. The maximum absolute atomic E-state index is 13.0. The zero-order valence-corrected chi connectivity index (χ0v) is 17.3. The summed E-state index contributed by atoms with van der Waals surface area (Å²) in [4.78, 5) is 14.5. The molecule has 0 amide bonds. The fraction of sp³-hybridized carbons (Fsp3) is 0.409. The van der Waals surface area contributed by atoms with Gasteiger partial charge in [-0.15, -0.1) is 0 Å². The highest BCUT2D eigenvalue weighted by atomic mass is 32.2. The summed E-state index contributed by atoms with van der Waals surface area (Å²) in [5.41, 5.74) is 1.18. The number of halogens is 1. The molecule has 0 aromatic heterocycles. The molecule has 1 aliphatic rings. The highest BCUT2D eigenvalue weighted by Gasteiger charge is 2.27. The van der Waals surface area contributed by atoms with E-state index in [1.54, 1.807) is 31.2 Å². The number of nitrogens with zero attached hydrogens (tertiary/aromatic N) is 1. The second-order valence-electron chi connectivity index (χ2n) is 7.41. The van der Waals surface area contributed by atoms with Gasteiger partial charge in [-0.05, 0) is 75.2 Å². The molecule has 1 fully saturated rings. The molecule has 5 nitrogen and oxygen atoms in total. The lowest BCUT2D eigenvalue weighted by molar-refractivity contribution is 0.0884. The van der Waals surface area contributed by atoms with Gasteiger partial charge < -0.3 is 4.90 Å². The molecular weight excluding hydrogens is 393 g/mol. The van der Waals surface area contributed by atoms with Crippen molar-refractivity contribution in [1.82, 2.24) is 4.90 Å². The summed E-state index contributed by atoms with van der Waals surface area (Å²) in [5.74, 6) is -0.376. The van der Waals surface area contributed by atoms with Gasteiger partial charge in [0.1, 0.15) is 5.82 Å². The first-order valence-corrected chi connectivity index (χ1v) is 11.3. The molecule has 0 aliphatic carbocycles. The van der Waals surface area contributed by atoms with Crippen LogP contribution in [0.3, 0.4) is 0 Å². The molecular formula is C22H26FNO4S. The Kier molecular flexibility index (Phi) is 7.16. The van der Waals surface area contributed by atoms with Gasteiger partial charge in [0.05, 0.1) is 11.0 Å². The largest absolute Gasteiger partial charge is 0.301 e. The van der Waals surface area contributed by atoms with Gasteiger partial charge in [0.15, 0.2) is 5.78 Å². The summed E-state index contributed by atoms with van der Waals surface area (Å²) in [7, 11) is -3.80. The smallest absolute Gasteiger partial charge is 0.297 e. The van der Waals surface area contributed by atoms with Gasteiger partial charge in [0.25, 0.3) is 10.1 Å². The lowest BCUT2D eigenvalue weighted by atomic mass is 10.1. The van der Waals surface area contributed by atoms with Crippen molar-refractivity contribution < 1.29 is 21.8 Å². The first-order chi connectivity index (χ1) is 13.8. The molecule has 2 aromatic rings. The molecule has 2 aromatic carbocycles. The van der Waals surface area contributed by atoms with Crippen molar-refractivity contribution in [3.63, 3.8) is 0 Å². The molecule has 1 aliphatic heterocycles. The van der Waals surface area contributed by atoms with Crippen molar-refractivity contribution in [2.45, 2.75) is 43.6 Å². The third-order valence-corrected chi connectivity index (χ3v) is 6.65. The Morgan fingerprint density at radius 3 is 2.62 bits per heavy atom. The van der Waals surface area contributed by atoms with Gasteiger partial charge in [0, 0.05) is 18.5 Å². The molecule has 156 valence electrons. The van der Waals surface area contributed by atoms with E-state index in [0.29, 0.717) is 43.5 Å². The van der Waals surface area contributed by atoms with Crippen LogP contribution in [-0.2, 0) is 14.3 Å². The second-order valence-corrected chi connectivity index (χ2v) is 8.95. The van der Waals surface area contributed by atoms with Crippen molar-refractivity contribution in [2.24, 2.45) is 0 Å². The molecule has 1 atom stereocenters. The number of piperidine rings is 1. The second kappa shape index (κ2) is 9.61. The van der Waals surface area contributed by atoms with Gasteiger partial charge in [-0.2, -0.15) is 8.42 Å². The third kappa shape index (κ3) is 5.95. The van der Waals surface area contributed by atoms with Crippen LogP contribution in [-0.4, -0.2) is 44.8 Å². The van der Waals surface area contributed by atoms with E-state index in [1.807, 2.05) is 0 Å². The van der Waals surface area contributed by atoms with Crippen molar-refractivity contribution in [3.8, 4) is 0 Å². The number of aryl methyl sites for hydroxylation is 1. The van der Waals surface area contributed by atoms with E-state index in [2.05, 4.69) is 4.90 Å². The number of hydrogen-bond acceptors (Lipinski definition) is 5. The quantitative estimate of drug-likeness (QED) is 0.479. The first kappa shape index (κ1) is 21.6. The SMILES string of the molecule is Cc1ccccc1S(=O)(=O)OC1CCCN(CCCC(=O)c2ccc(F)cc2)C1. The zero-order valence-electron chi connectivity index (χ0n) is 16.5. The summed E-state index contributed by atoms with van der Waals surface area (Å²) in [6.07, 6.45) is 2.18. The number of ketones is 1. The Balaban J connectivity index is 1.50. The minimum absolute atomic E-state index is 0.0167.